The second-order valence-electron chi connectivity index (χ2n) is 3.48. The van der Waals surface area contributed by atoms with Gasteiger partial charge in [0.1, 0.15) is 6.33 Å². The Kier molecular flexibility index (Phi) is 4.35. The van der Waals surface area contributed by atoms with Crippen molar-refractivity contribution in [3.63, 3.8) is 0 Å². The van der Waals surface area contributed by atoms with Gasteiger partial charge in [0.2, 0.25) is 11.7 Å². The van der Waals surface area contributed by atoms with Gasteiger partial charge in [-0.05, 0) is 0 Å². The Hall–Kier alpha value is -2.45. The van der Waals surface area contributed by atoms with Crippen LogP contribution in [-0.2, 0) is 4.79 Å². The van der Waals surface area contributed by atoms with E-state index in [1.54, 1.807) is 14.1 Å². The molecular formula is C9H13N5O4. The Morgan fingerprint density at radius 3 is 2.72 bits per heavy atom. The van der Waals surface area contributed by atoms with Crippen molar-refractivity contribution < 1.29 is 14.5 Å². The molecule has 0 unspecified atom stereocenters. The molecule has 98 valence electrons. The Bertz CT molecular complexity index is 462. The molecule has 9 heteroatoms. The van der Waals surface area contributed by atoms with Crippen LogP contribution >= 0.6 is 0 Å². The van der Waals surface area contributed by atoms with Crippen molar-refractivity contribution >= 4 is 17.4 Å². The van der Waals surface area contributed by atoms with Gasteiger partial charge in [-0.1, -0.05) is 0 Å². The summed E-state index contributed by atoms with van der Waals surface area (Å²) in [5, 5.41) is 13.5. The van der Waals surface area contributed by atoms with Crippen molar-refractivity contribution in [2.24, 2.45) is 0 Å². The van der Waals surface area contributed by atoms with E-state index in [0.717, 1.165) is 6.33 Å². The summed E-state index contributed by atoms with van der Waals surface area (Å²) in [5.41, 5.74) is -0.397. The largest absolute Gasteiger partial charge is 0.476 e. The number of hydrogen-bond donors (Lipinski definition) is 1. The van der Waals surface area contributed by atoms with Gasteiger partial charge in [-0.25, -0.2) is 4.98 Å². The fraction of sp³-hybridized carbons (Fsp3) is 0.444. The van der Waals surface area contributed by atoms with Gasteiger partial charge in [-0.15, -0.1) is 0 Å². The van der Waals surface area contributed by atoms with Crippen molar-refractivity contribution in [3.05, 3.63) is 16.4 Å². The molecule has 1 aromatic rings. The molecular weight excluding hydrogens is 242 g/mol. The number of nitrogens with zero attached hydrogens (tertiary/aromatic N) is 4. The van der Waals surface area contributed by atoms with Gasteiger partial charge in [-0.2, -0.15) is 4.98 Å². The molecule has 18 heavy (non-hydrogen) atoms. The lowest BCUT2D eigenvalue weighted by atomic mass is 10.4. The smallest absolute Gasteiger partial charge is 0.372 e. The Labute approximate surface area is 103 Å². The van der Waals surface area contributed by atoms with E-state index in [1.165, 1.54) is 12.0 Å². The SMILES string of the molecule is COc1ncnc(NCC(=O)N(C)C)c1[N+](=O)[O-]. The van der Waals surface area contributed by atoms with Gasteiger partial charge in [0, 0.05) is 14.1 Å². The number of amides is 1. The highest BCUT2D eigenvalue weighted by molar-refractivity contribution is 5.81. The van der Waals surface area contributed by atoms with E-state index < -0.39 is 10.6 Å². The first-order valence-electron chi connectivity index (χ1n) is 4.94. The maximum Gasteiger partial charge on any atom is 0.372 e. The molecule has 0 spiro atoms. The molecule has 1 amide bonds. The summed E-state index contributed by atoms with van der Waals surface area (Å²) in [5.74, 6) is -0.446. The standard InChI is InChI=1S/C9H13N5O4/c1-13(2)6(15)4-10-8-7(14(16)17)9(18-3)12-5-11-8/h5H,4H2,1-3H3,(H,10,11,12). The van der Waals surface area contributed by atoms with Crippen LogP contribution in [0, 0.1) is 10.1 Å². The van der Waals surface area contributed by atoms with Crippen LogP contribution in [0.15, 0.2) is 6.33 Å². The average molecular weight is 255 g/mol. The third-order valence-corrected chi connectivity index (χ3v) is 2.07. The lowest BCUT2D eigenvalue weighted by Crippen LogP contribution is -2.29. The summed E-state index contributed by atoms with van der Waals surface area (Å²) in [7, 11) is 4.43. The van der Waals surface area contributed by atoms with E-state index in [1.807, 2.05) is 0 Å². The minimum Gasteiger partial charge on any atom is -0.476 e. The van der Waals surface area contributed by atoms with Crippen LogP contribution in [0.1, 0.15) is 0 Å². The number of hydrogen-bond acceptors (Lipinski definition) is 7. The number of carbonyl (C=O) groups is 1. The summed E-state index contributed by atoms with van der Waals surface area (Å²) in [6, 6.07) is 0. The molecule has 1 rings (SSSR count). The molecule has 0 bridgehead atoms. The van der Waals surface area contributed by atoms with Crippen molar-refractivity contribution in [3.8, 4) is 5.88 Å². The number of anilines is 1. The maximum absolute atomic E-state index is 11.4. The highest BCUT2D eigenvalue weighted by Gasteiger charge is 2.24. The zero-order chi connectivity index (χ0) is 13.7. The van der Waals surface area contributed by atoms with Gasteiger partial charge >= 0.3 is 5.69 Å². The van der Waals surface area contributed by atoms with E-state index in [9.17, 15) is 14.9 Å². The normalized spacial score (nSPS) is 9.72. The van der Waals surface area contributed by atoms with Gasteiger partial charge in [-0.3, -0.25) is 14.9 Å². The number of methoxy groups -OCH3 is 1. The number of ether oxygens (including phenoxy) is 1. The Morgan fingerprint density at radius 1 is 1.56 bits per heavy atom. The van der Waals surface area contributed by atoms with Gasteiger partial charge < -0.3 is 15.0 Å². The van der Waals surface area contributed by atoms with E-state index in [-0.39, 0.29) is 24.1 Å². The van der Waals surface area contributed by atoms with Crippen molar-refractivity contribution in [1.29, 1.82) is 0 Å². The summed E-state index contributed by atoms with van der Waals surface area (Å²) in [6.07, 6.45) is 1.12. The quantitative estimate of drug-likeness (QED) is 0.577. The monoisotopic (exact) mass is 255 g/mol. The first-order chi connectivity index (χ1) is 8.47. The van der Waals surface area contributed by atoms with Crippen molar-refractivity contribution in [2.45, 2.75) is 0 Å². The molecule has 0 aliphatic rings. The number of nitrogens with one attached hydrogen (secondary N) is 1. The molecule has 0 saturated carbocycles. The third-order valence-electron chi connectivity index (χ3n) is 2.07. The Balaban J connectivity index is 2.95. The van der Waals surface area contributed by atoms with Crippen LogP contribution in [0.25, 0.3) is 0 Å². The highest BCUT2D eigenvalue weighted by atomic mass is 16.6. The molecule has 0 fully saturated rings. The molecule has 0 aliphatic heterocycles. The van der Waals surface area contributed by atoms with Crippen LogP contribution < -0.4 is 10.1 Å². The first kappa shape index (κ1) is 13.6. The molecule has 0 saturated heterocycles. The van der Waals surface area contributed by atoms with Gasteiger partial charge in [0.25, 0.3) is 5.88 Å². The number of rotatable bonds is 5. The summed E-state index contributed by atoms with van der Waals surface area (Å²) in [6.45, 7) is -0.103. The lowest BCUT2D eigenvalue weighted by molar-refractivity contribution is -0.385. The van der Waals surface area contributed by atoms with Crippen molar-refractivity contribution in [1.82, 2.24) is 14.9 Å². The predicted octanol–water partition coefficient (Wildman–Crippen LogP) is -0.107. The van der Waals surface area contributed by atoms with E-state index in [4.69, 9.17) is 4.74 Å². The van der Waals surface area contributed by atoms with Crippen LogP contribution in [0.4, 0.5) is 11.5 Å². The summed E-state index contributed by atoms with van der Waals surface area (Å²) >= 11 is 0. The molecule has 9 nitrogen and oxygen atoms in total. The molecule has 0 aromatic carbocycles. The molecule has 1 aromatic heterocycles. The van der Waals surface area contributed by atoms with E-state index in [2.05, 4.69) is 15.3 Å². The third kappa shape index (κ3) is 3.03. The molecule has 0 atom stereocenters. The summed E-state index contributed by atoms with van der Waals surface area (Å²) in [4.78, 5) is 30.3. The summed E-state index contributed by atoms with van der Waals surface area (Å²) < 4.78 is 4.77. The molecule has 0 radical (unpaired) electrons. The minimum absolute atomic E-state index is 0.0537. The van der Waals surface area contributed by atoms with Gasteiger partial charge in [0.05, 0.1) is 18.6 Å². The van der Waals surface area contributed by atoms with Crippen molar-refractivity contribution in [2.75, 3.05) is 33.1 Å². The maximum atomic E-state index is 11.4. The number of carbonyl (C=O) groups excluding carboxylic acids is 1. The molecule has 0 aliphatic carbocycles. The Morgan fingerprint density at radius 2 is 2.22 bits per heavy atom. The second-order valence-corrected chi connectivity index (χ2v) is 3.48. The topological polar surface area (TPSA) is 110 Å². The zero-order valence-corrected chi connectivity index (χ0v) is 10.2. The number of likely N-dealkylation sites (N-methyl/N-ethyl adjacent to an activating group) is 1. The number of aromatic nitrogens is 2. The first-order valence-corrected chi connectivity index (χ1v) is 4.94. The van der Waals surface area contributed by atoms with Crippen LogP contribution in [0.5, 0.6) is 5.88 Å². The van der Waals surface area contributed by atoms with Crippen LogP contribution in [0.2, 0.25) is 0 Å². The minimum atomic E-state index is -0.665. The predicted molar refractivity (Wildman–Crippen MR) is 62.4 cm³/mol. The zero-order valence-electron chi connectivity index (χ0n) is 10.2. The average Bonchev–Trinajstić information content (AvgIpc) is 2.34. The number of nitro groups is 1. The van der Waals surface area contributed by atoms with E-state index >= 15 is 0 Å². The van der Waals surface area contributed by atoms with Crippen LogP contribution in [-0.4, -0.2) is 53.4 Å². The molecule has 1 heterocycles. The second kappa shape index (κ2) is 5.75. The highest BCUT2D eigenvalue weighted by Crippen LogP contribution is 2.29. The molecule has 1 N–H and O–H groups in total. The lowest BCUT2D eigenvalue weighted by Gasteiger charge is -2.11. The fourth-order valence-electron chi connectivity index (χ4n) is 1.12. The fourth-order valence-corrected chi connectivity index (χ4v) is 1.12. The van der Waals surface area contributed by atoms with E-state index in [0.29, 0.717) is 0 Å². The van der Waals surface area contributed by atoms with Crippen LogP contribution in [0.3, 0.4) is 0 Å². The van der Waals surface area contributed by atoms with Gasteiger partial charge in [0.15, 0.2) is 0 Å².